The molecule has 1 nitrogen and oxygen atoms in total. The second-order valence-corrected chi connectivity index (χ2v) is 7.78. The minimum Gasteiger partial charge on any atom is -0.349 e. The van der Waals surface area contributed by atoms with E-state index in [4.69, 9.17) is 0 Å². The van der Waals surface area contributed by atoms with Gasteiger partial charge in [-0.25, -0.2) is 0 Å². The highest BCUT2D eigenvalue weighted by atomic mass is 15.0. The first-order chi connectivity index (χ1) is 11.0. The van der Waals surface area contributed by atoms with Crippen molar-refractivity contribution in [3.05, 3.63) is 56.9 Å². The highest BCUT2D eigenvalue weighted by molar-refractivity contribution is 5.50. The van der Waals surface area contributed by atoms with Gasteiger partial charge in [-0.1, -0.05) is 28.7 Å². The molecule has 0 N–H and O–H groups in total. The zero-order chi connectivity index (χ0) is 18.8. The van der Waals surface area contributed by atoms with Crippen molar-refractivity contribution in [3.8, 4) is 0 Å². The number of aryl methyl sites for hydroxylation is 1. The molecule has 0 atom stereocenters. The van der Waals surface area contributed by atoms with E-state index in [1.54, 1.807) is 5.56 Å². The average molecular weight is 360 g/mol. The van der Waals surface area contributed by atoms with Gasteiger partial charge in [0.2, 0.25) is 0 Å². The lowest BCUT2D eigenvalue weighted by molar-refractivity contribution is 0.588. The summed E-state index contributed by atoms with van der Waals surface area (Å²) >= 11 is 0. The number of benzene rings is 1. The normalized spacial score (nSPS) is 10.2. The third-order valence-electron chi connectivity index (χ3n) is 5.63. The summed E-state index contributed by atoms with van der Waals surface area (Å²) in [6.45, 7) is 24.5. The first-order valence-electron chi connectivity index (χ1n) is 9.21. The highest BCUT2D eigenvalue weighted by Gasteiger charge is 2.13. The molecule has 26 heavy (non-hydrogen) atoms. The minimum absolute atomic E-state index is 0. The maximum atomic E-state index is 2.29. The van der Waals surface area contributed by atoms with Crippen LogP contribution in [-0.2, 0) is 0 Å². The first kappa shape index (κ1) is 26.7. The zero-order valence-corrected chi connectivity index (χ0v) is 17.8. The van der Waals surface area contributed by atoms with E-state index >= 15 is 0 Å². The lowest BCUT2D eigenvalue weighted by atomic mass is 9.85. The summed E-state index contributed by atoms with van der Waals surface area (Å²) in [7, 11) is 0. The van der Waals surface area contributed by atoms with Crippen LogP contribution in [0.4, 0.5) is 0 Å². The van der Waals surface area contributed by atoms with Gasteiger partial charge in [-0.2, -0.15) is 0 Å². The van der Waals surface area contributed by atoms with Gasteiger partial charge >= 0.3 is 0 Å². The summed E-state index contributed by atoms with van der Waals surface area (Å²) in [5, 5.41) is 0. The predicted molar refractivity (Wildman–Crippen MR) is 122 cm³/mol. The van der Waals surface area contributed by atoms with E-state index in [1.807, 2.05) is 0 Å². The van der Waals surface area contributed by atoms with E-state index in [0.29, 0.717) is 12.0 Å². The number of nitrogens with zero attached hydrogens (tertiary/aromatic N) is 1. The van der Waals surface area contributed by atoms with Crippen LogP contribution in [-0.4, -0.2) is 4.57 Å². The molecule has 0 aliphatic rings. The van der Waals surface area contributed by atoms with Crippen LogP contribution in [0, 0.1) is 48.5 Å². The molecule has 1 heteroatoms. The van der Waals surface area contributed by atoms with Gasteiger partial charge in [0.25, 0.3) is 0 Å². The molecule has 0 aliphatic heterocycles. The Hall–Kier alpha value is -1.50. The van der Waals surface area contributed by atoms with Crippen LogP contribution in [0.15, 0.2) is 12.3 Å². The van der Waals surface area contributed by atoms with Crippen molar-refractivity contribution in [1.29, 1.82) is 0 Å². The van der Waals surface area contributed by atoms with Crippen molar-refractivity contribution in [2.75, 3.05) is 0 Å². The van der Waals surface area contributed by atoms with Crippen LogP contribution < -0.4 is 0 Å². The Morgan fingerprint density at radius 1 is 0.654 bits per heavy atom. The molecular formula is C25H45N. The Bertz CT molecular complexity index is 670. The molecule has 2 aromatic rings. The summed E-state index contributed by atoms with van der Waals surface area (Å²) in [5.74, 6) is 0.632. The number of aromatic nitrogens is 1. The number of rotatable bonds is 2. The van der Waals surface area contributed by atoms with Crippen LogP contribution in [0.5, 0.6) is 0 Å². The van der Waals surface area contributed by atoms with Crippen LogP contribution >= 0.6 is 0 Å². The minimum atomic E-state index is 0. The lowest BCUT2D eigenvalue weighted by Crippen LogP contribution is -2.04. The maximum absolute atomic E-state index is 2.29. The van der Waals surface area contributed by atoms with E-state index in [-0.39, 0.29) is 14.9 Å². The molecule has 0 unspecified atom stereocenters. The molecule has 0 aliphatic carbocycles. The summed E-state index contributed by atoms with van der Waals surface area (Å²) in [6.07, 6.45) is 2.15. The summed E-state index contributed by atoms with van der Waals surface area (Å²) < 4.78 is 2.29. The predicted octanol–water partition coefficient (Wildman–Crippen LogP) is 8.31. The average Bonchev–Trinajstić information content (AvgIpc) is 2.83. The number of hydrogen-bond donors (Lipinski definition) is 0. The molecular weight excluding hydrogens is 314 g/mol. The first-order valence-corrected chi connectivity index (χ1v) is 9.21. The fourth-order valence-electron chi connectivity index (χ4n) is 3.58. The lowest BCUT2D eigenvalue weighted by Gasteiger charge is -2.21. The molecule has 0 bridgehead atoms. The van der Waals surface area contributed by atoms with Crippen molar-refractivity contribution in [2.24, 2.45) is 0 Å². The van der Waals surface area contributed by atoms with Gasteiger partial charge in [0.05, 0.1) is 0 Å². The van der Waals surface area contributed by atoms with Gasteiger partial charge in [-0.3, -0.25) is 0 Å². The second kappa shape index (κ2) is 10.6. The van der Waals surface area contributed by atoms with E-state index < -0.39 is 0 Å². The van der Waals surface area contributed by atoms with Crippen molar-refractivity contribution < 1.29 is 0 Å². The smallest absolute Gasteiger partial charge is 0.0276 e. The molecule has 0 saturated carbocycles. The van der Waals surface area contributed by atoms with Crippen molar-refractivity contribution in [3.63, 3.8) is 0 Å². The van der Waals surface area contributed by atoms with Gasteiger partial charge in [0.1, 0.15) is 0 Å². The van der Waals surface area contributed by atoms with Crippen molar-refractivity contribution in [2.45, 2.75) is 103 Å². The fourth-order valence-corrected chi connectivity index (χ4v) is 3.58. The van der Waals surface area contributed by atoms with Crippen molar-refractivity contribution in [1.82, 2.24) is 4.57 Å². The molecule has 1 heterocycles. The fraction of sp³-hybridized carbons (Fsp3) is 0.600. The second-order valence-electron chi connectivity index (χ2n) is 7.78. The standard InChI is InChI=1S/C14H22.C9H15N.2CH4/c1-8(2)14-12(6)10(4)9(3)11(5)13(14)7;1-7(2)10-6-5-8(3)9(10)4;;/h8H,1-7H3;5-7H,1-4H3;2*1H4. The maximum Gasteiger partial charge on any atom is 0.0276 e. The molecule has 1 aromatic heterocycles. The molecule has 1 aromatic carbocycles. The SMILES string of the molecule is C.C.Cc1c(C)c(C)c(C(C)C)c(C)c1C.Cc1ccn(C(C)C)c1C. The molecule has 0 amide bonds. The zero-order valence-electron chi connectivity index (χ0n) is 17.8. The van der Waals surface area contributed by atoms with Gasteiger partial charge in [-0.05, 0) is 113 Å². The van der Waals surface area contributed by atoms with E-state index in [1.165, 1.54) is 39.1 Å². The largest absolute Gasteiger partial charge is 0.349 e. The van der Waals surface area contributed by atoms with E-state index in [2.05, 4.69) is 93.0 Å². The van der Waals surface area contributed by atoms with Gasteiger partial charge < -0.3 is 4.57 Å². The molecule has 0 spiro atoms. The Morgan fingerprint density at radius 3 is 1.27 bits per heavy atom. The Balaban J connectivity index is 0. The Kier molecular flexibility index (Phi) is 10.9. The third kappa shape index (κ3) is 5.50. The number of hydrogen-bond acceptors (Lipinski definition) is 0. The Labute approximate surface area is 164 Å². The summed E-state index contributed by atoms with van der Waals surface area (Å²) in [5.41, 5.74) is 11.7. The quantitative estimate of drug-likeness (QED) is 0.508. The van der Waals surface area contributed by atoms with Gasteiger partial charge in [-0.15, -0.1) is 0 Å². The van der Waals surface area contributed by atoms with Crippen molar-refractivity contribution >= 4 is 0 Å². The van der Waals surface area contributed by atoms with Crippen LogP contribution in [0.3, 0.4) is 0 Å². The molecule has 2 rings (SSSR count). The van der Waals surface area contributed by atoms with Gasteiger partial charge in [0, 0.05) is 17.9 Å². The summed E-state index contributed by atoms with van der Waals surface area (Å²) in [4.78, 5) is 0. The van der Waals surface area contributed by atoms with E-state index in [0.717, 1.165) is 0 Å². The molecule has 150 valence electrons. The molecule has 0 radical (unpaired) electrons. The van der Waals surface area contributed by atoms with E-state index in [9.17, 15) is 0 Å². The third-order valence-corrected chi connectivity index (χ3v) is 5.63. The molecule has 0 saturated heterocycles. The molecule has 0 fully saturated rings. The Morgan fingerprint density at radius 2 is 1.04 bits per heavy atom. The summed E-state index contributed by atoms with van der Waals surface area (Å²) in [6, 6.07) is 2.75. The highest BCUT2D eigenvalue weighted by Crippen LogP contribution is 2.30. The van der Waals surface area contributed by atoms with Crippen LogP contribution in [0.1, 0.15) is 99.1 Å². The van der Waals surface area contributed by atoms with Crippen LogP contribution in [0.25, 0.3) is 0 Å². The topological polar surface area (TPSA) is 4.93 Å². The monoisotopic (exact) mass is 359 g/mol. The van der Waals surface area contributed by atoms with Crippen LogP contribution in [0.2, 0.25) is 0 Å². The van der Waals surface area contributed by atoms with Gasteiger partial charge in [0.15, 0.2) is 0 Å².